The molecule has 2 rings (SSSR count). The lowest BCUT2D eigenvalue weighted by molar-refractivity contribution is 0.269. The van der Waals surface area contributed by atoms with Crippen molar-refractivity contribution in [3.05, 3.63) is 0 Å². The fourth-order valence-corrected chi connectivity index (χ4v) is 2.71. The van der Waals surface area contributed by atoms with Crippen LogP contribution in [-0.2, 0) is 0 Å². The lowest BCUT2D eigenvalue weighted by atomic mass is 10.1. The van der Waals surface area contributed by atoms with Gasteiger partial charge in [-0.1, -0.05) is 0 Å². The fourth-order valence-electron chi connectivity index (χ4n) is 2.71. The van der Waals surface area contributed by atoms with Gasteiger partial charge in [0.25, 0.3) is 0 Å². The maximum absolute atomic E-state index is 4.58. The number of aliphatic imine (C=N–C) groups is 2. The van der Waals surface area contributed by atoms with Crippen LogP contribution in [0.2, 0.25) is 0 Å². The summed E-state index contributed by atoms with van der Waals surface area (Å²) in [5.74, 6) is 2.23. The lowest BCUT2D eigenvalue weighted by Crippen LogP contribution is -2.50. The van der Waals surface area contributed by atoms with Crippen LogP contribution in [0, 0.1) is 0 Å². The van der Waals surface area contributed by atoms with Crippen molar-refractivity contribution >= 4 is 11.9 Å². The molecule has 0 unspecified atom stereocenters. The molecule has 0 aromatic heterocycles. The van der Waals surface area contributed by atoms with E-state index >= 15 is 0 Å². The Bertz CT molecular complexity index is 409. The molecule has 0 aliphatic carbocycles. The van der Waals surface area contributed by atoms with Gasteiger partial charge in [-0.15, -0.1) is 0 Å². The van der Waals surface area contributed by atoms with Crippen molar-refractivity contribution in [3.63, 3.8) is 0 Å². The average molecular weight is 325 g/mol. The molecule has 0 bridgehead atoms. The van der Waals surface area contributed by atoms with Crippen LogP contribution in [0.5, 0.6) is 0 Å². The third-order valence-corrected chi connectivity index (χ3v) is 3.62. The second-order valence-corrected chi connectivity index (χ2v) is 7.67. The largest absolute Gasteiger partial charge is 0.349 e. The molecule has 0 aromatic carbocycles. The van der Waals surface area contributed by atoms with Crippen LogP contribution in [0.4, 0.5) is 0 Å². The van der Waals surface area contributed by atoms with Gasteiger partial charge in [0.2, 0.25) is 0 Å². The molecule has 134 valence electrons. The zero-order valence-corrected chi connectivity index (χ0v) is 16.4. The Morgan fingerprint density at radius 3 is 2.00 bits per heavy atom. The predicted octanol–water partition coefficient (Wildman–Crippen LogP) is 1.65. The summed E-state index contributed by atoms with van der Waals surface area (Å²) in [6.07, 6.45) is 2.52. The second kappa shape index (κ2) is 8.41. The molecule has 0 atom stereocenters. The third-order valence-electron chi connectivity index (χ3n) is 3.62. The molecule has 0 saturated carbocycles. The van der Waals surface area contributed by atoms with Crippen molar-refractivity contribution < 1.29 is 0 Å². The molecule has 2 heterocycles. The normalized spacial score (nSPS) is 17.5. The van der Waals surface area contributed by atoms with E-state index in [1.807, 2.05) is 38.0 Å². The number of hydrogen-bond donors (Lipinski definition) is 0. The SMILES string of the molecule is CN(C)C(=NC(C)(C)C)N(C)C.CN1CCCN2CCCN=C12. The van der Waals surface area contributed by atoms with E-state index in [0.717, 1.165) is 12.5 Å². The maximum Gasteiger partial charge on any atom is 0.196 e. The van der Waals surface area contributed by atoms with Gasteiger partial charge in [-0.05, 0) is 33.6 Å². The quantitative estimate of drug-likeness (QED) is 0.502. The first-order chi connectivity index (χ1) is 10.6. The monoisotopic (exact) mass is 324 g/mol. The molecular weight excluding hydrogens is 288 g/mol. The fraction of sp³-hybridized carbons (Fsp3) is 0.882. The third kappa shape index (κ3) is 6.67. The first-order valence-corrected chi connectivity index (χ1v) is 8.57. The van der Waals surface area contributed by atoms with E-state index in [2.05, 4.69) is 47.6 Å². The number of nitrogens with zero attached hydrogens (tertiary/aromatic N) is 6. The summed E-state index contributed by atoms with van der Waals surface area (Å²) in [4.78, 5) is 17.8. The van der Waals surface area contributed by atoms with E-state index < -0.39 is 0 Å². The van der Waals surface area contributed by atoms with E-state index in [4.69, 9.17) is 0 Å². The van der Waals surface area contributed by atoms with Crippen molar-refractivity contribution in [1.82, 2.24) is 19.6 Å². The smallest absolute Gasteiger partial charge is 0.196 e. The summed E-state index contributed by atoms with van der Waals surface area (Å²) in [5, 5.41) is 0. The summed E-state index contributed by atoms with van der Waals surface area (Å²) in [6.45, 7) is 10.9. The highest BCUT2D eigenvalue weighted by Crippen LogP contribution is 2.11. The van der Waals surface area contributed by atoms with Gasteiger partial charge in [0.15, 0.2) is 11.9 Å². The highest BCUT2D eigenvalue weighted by atomic mass is 15.4. The molecule has 23 heavy (non-hydrogen) atoms. The molecule has 2 aliphatic heterocycles. The van der Waals surface area contributed by atoms with E-state index in [9.17, 15) is 0 Å². The van der Waals surface area contributed by atoms with Gasteiger partial charge in [0.1, 0.15) is 0 Å². The molecule has 2 aliphatic rings. The highest BCUT2D eigenvalue weighted by Gasteiger charge is 2.22. The molecule has 6 heteroatoms. The Kier molecular flexibility index (Phi) is 7.16. The van der Waals surface area contributed by atoms with E-state index in [1.54, 1.807) is 0 Å². The van der Waals surface area contributed by atoms with Crippen molar-refractivity contribution in [3.8, 4) is 0 Å². The molecule has 0 aromatic rings. The van der Waals surface area contributed by atoms with Crippen LogP contribution in [0.3, 0.4) is 0 Å². The molecule has 0 amide bonds. The summed E-state index contributed by atoms with van der Waals surface area (Å²) < 4.78 is 0. The van der Waals surface area contributed by atoms with Crippen LogP contribution in [0.15, 0.2) is 9.98 Å². The molecular formula is C17H36N6. The molecule has 1 saturated heterocycles. The Balaban J connectivity index is 0.000000230. The van der Waals surface area contributed by atoms with E-state index in [-0.39, 0.29) is 5.54 Å². The first-order valence-electron chi connectivity index (χ1n) is 8.57. The van der Waals surface area contributed by atoms with E-state index in [1.165, 1.54) is 38.4 Å². The second-order valence-electron chi connectivity index (χ2n) is 7.67. The molecule has 0 N–H and O–H groups in total. The Labute approximate surface area is 142 Å². The van der Waals surface area contributed by atoms with Gasteiger partial charge in [-0.2, -0.15) is 0 Å². The summed E-state index contributed by atoms with van der Waals surface area (Å²) in [7, 11) is 10.2. The van der Waals surface area contributed by atoms with Gasteiger partial charge in [-0.25, -0.2) is 4.99 Å². The number of fused-ring (bicyclic) bond motifs is 1. The minimum Gasteiger partial charge on any atom is -0.349 e. The van der Waals surface area contributed by atoms with Gasteiger partial charge >= 0.3 is 0 Å². The highest BCUT2D eigenvalue weighted by molar-refractivity contribution is 5.81. The minimum absolute atomic E-state index is 0.0100. The Morgan fingerprint density at radius 1 is 1.00 bits per heavy atom. The van der Waals surface area contributed by atoms with Gasteiger partial charge in [-0.3, -0.25) is 4.99 Å². The van der Waals surface area contributed by atoms with Crippen molar-refractivity contribution in [1.29, 1.82) is 0 Å². The molecule has 0 spiro atoms. The Morgan fingerprint density at radius 2 is 1.57 bits per heavy atom. The zero-order valence-electron chi connectivity index (χ0n) is 16.4. The van der Waals surface area contributed by atoms with Crippen LogP contribution < -0.4 is 0 Å². The lowest BCUT2D eigenvalue weighted by Gasteiger charge is -2.39. The van der Waals surface area contributed by atoms with Crippen molar-refractivity contribution in [2.24, 2.45) is 9.98 Å². The molecule has 0 radical (unpaired) electrons. The van der Waals surface area contributed by atoms with Crippen molar-refractivity contribution in [2.75, 3.05) is 61.4 Å². The van der Waals surface area contributed by atoms with Crippen molar-refractivity contribution in [2.45, 2.75) is 39.2 Å². The minimum atomic E-state index is -0.0100. The van der Waals surface area contributed by atoms with Crippen LogP contribution in [-0.4, -0.2) is 98.5 Å². The summed E-state index contributed by atoms with van der Waals surface area (Å²) in [6, 6.07) is 0. The molecule has 1 fully saturated rings. The maximum atomic E-state index is 4.58. The number of rotatable bonds is 0. The van der Waals surface area contributed by atoms with Crippen LogP contribution in [0.1, 0.15) is 33.6 Å². The zero-order chi connectivity index (χ0) is 17.6. The predicted molar refractivity (Wildman–Crippen MR) is 100 cm³/mol. The van der Waals surface area contributed by atoms with Gasteiger partial charge < -0.3 is 19.6 Å². The standard InChI is InChI=1S/C9H21N3.C8H15N3/c1-9(2,3)10-8(11(4)5)12(6)7;1-10-5-3-7-11-6-2-4-9-8(10)11/h1-7H3;2-7H2,1H3. The van der Waals surface area contributed by atoms with Crippen LogP contribution >= 0.6 is 0 Å². The summed E-state index contributed by atoms with van der Waals surface area (Å²) in [5.41, 5.74) is -0.0100. The number of hydrogen-bond acceptors (Lipinski definition) is 4. The Hall–Kier alpha value is -1.46. The topological polar surface area (TPSA) is 37.7 Å². The average Bonchev–Trinajstić information content (AvgIpc) is 2.45. The van der Waals surface area contributed by atoms with Gasteiger partial charge in [0.05, 0.1) is 5.54 Å². The first kappa shape index (κ1) is 19.6. The number of guanidine groups is 2. The summed E-state index contributed by atoms with van der Waals surface area (Å²) >= 11 is 0. The molecule has 6 nitrogen and oxygen atoms in total. The van der Waals surface area contributed by atoms with E-state index in [0.29, 0.717) is 0 Å². The van der Waals surface area contributed by atoms with Crippen LogP contribution in [0.25, 0.3) is 0 Å². The van der Waals surface area contributed by atoms with Gasteiger partial charge in [0, 0.05) is 61.4 Å².